The van der Waals surface area contributed by atoms with Crippen LogP contribution in [0.2, 0.25) is 5.02 Å². The van der Waals surface area contributed by atoms with Crippen LogP contribution in [0.25, 0.3) is 11.1 Å². The fraction of sp³-hybridized carbons (Fsp3) is 0.0769. The molecular weight excluding hydrogens is 246 g/mol. The number of hydrogen-bond acceptors (Lipinski definition) is 1. The lowest BCUT2D eigenvalue weighted by Gasteiger charge is -2.10. The molecular formula is C13H9ClF2O. The van der Waals surface area contributed by atoms with Crippen LogP contribution in [0.5, 0.6) is 5.75 Å². The van der Waals surface area contributed by atoms with Gasteiger partial charge in [0.05, 0.1) is 12.7 Å². The number of methoxy groups -OCH3 is 1. The zero-order valence-corrected chi connectivity index (χ0v) is 9.76. The topological polar surface area (TPSA) is 9.23 Å². The predicted octanol–water partition coefficient (Wildman–Crippen LogP) is 4.29. The molecule has 1 nitrogen and oxygen atoms in total. The van der Waals surface area contributed by atoms with Gasteiger partial charge in [-0.05, 0) is 30.3 Å². The largest absolute Gasteiger partial charge is 0.496 e. The van der Waals surface area contributed by atoms with E-state index in [0.29, 0.717) is 16.3 Å². The minimum Gasteiger partial charge on any atom is -0.496 e. The van der Waals surface area contributed by atoms with Gasteiger partial charge in [-0.15, -0.1) is 0 Å². The van der Waals surface area contributed by atoms with Gasteiger partial charge in [0.25, 0.3) is 0 Å². The van der Waals surface area contributed by atoms with Gasteiger partial charge in [0.2, 0.25) is 0 Å². The van der Waals surface area contributed by atoms with Crippen LogP contribution in [0.15, 0.2) is 36.4 Å². The smallest absolute Gasteiger partial charge is 0.134 e. The van der Waals surface area contributed by atoms with E-state index in [1.54, 1.807) is 6.07 Å². The Bertz CT molecular complexity index is 535. The first-order valence-electron chi connectivity index (χ1n) is 4.91. The van der Waals surface area contributed by atoms with E-state index in [1.165, 1.54) is 37.4 Å². The zero-order valence-electron chi connectivity index (χ0n) is 9.01. The average Bonchev–Trinajstić information content (AvgIpc) is 2.30. The van der Waals surface area contributed by atoms with Gasteiger partial charge in [-0.2, -0.15) is 0 Å². The molecule has 0 unspecified atom stereocenters. The molecule has 0 spiro atoms. The molecule has 88 valence electrons. The summed E-state index contributed by atoms with van der Waals surface area (Å²) in [5.41, 5.74) is 0.230. The van der Waals surface area contributed by atoms with Gasteiger partial charge >= 0.3 is 0 Å². The molecule has 2 rings (SSSR count). The summed E-state index contributed by atoms with van der Waals surface area (Å²) in [4.78, 5) is 0. The van der Waals surface area contributed by atoms with Crippen LogP contribution in [0.4, 0.5) is 8.78 Å². The highest BCUT2D eigenvalue weighted by atomic mass is 35.5. The van der Waals surface area contributed by atoms with E-state index in [9.17, 15) is 8.78 Å². The van der Waals surface area contributed by atoms with E-state index in [-0.39, 0.29) is 5.56 Å². The number of halogens is 3. The van der Waals surface area contributed by atoms with Gasteiger partial charge in [0.15, 0.2) is 0 Å². The molecule has 0 radical (unpaired) electrons. The molecule has 2 aromatic carbocycles. The predicted molar refractivity (Wildman–Crippen MR) is 63.4 cm³/mol. The van der Waals surface area contributed by atoms with Crippen molar-refractivity contribution < 1.29 is 13.5 Å². The maximum Gasteiger partial charge on any atom is 0.134 e. The molecule has 0 aliphatic heterocycles. The third-order valence-electron chi connectivity index (χ3n) is 2.40. The SMILES string of the molecule is COc1cc(Cl)ccc1-c1c(F)cccc1F. The summed E-state index contributed by atoms with van der Waals surface area (Å²) in [6.07, 6.45) is 0. The first kappa shape index (κ1) is 11.9. The maximum absolute atomic E-state index is 13.6. The van der Waals surface area contributed by atoms with E-state index in [4.69, 9.17) is 16.3 Å². The monoisotopic (exact) mass is 254 g/mol. The summed E-state index contributed by atoms with van der Waals surface area (Å²) in [6, 6.07) is 8.33. The van der Waals surface area contributed by atoms with E-state index in [2.05, 4.69) is 0 Å². The van der Waals surface area contributed by atoms with Gasteiger partial charge in [-0.3, -0.25) is 0 Å². The van der Waals surface area contributed by atoms with Gasteiger partial charge in [-0.1, -0.05) is 17.7 Å². The molecule has 0 aliphatic rings. The fourth-order valence-corrected chi connectivity index (χ4v) is 1.79. The Hall–Kier alpha value is -1.61. The van der Waals surface area contributed by atoms with Crippen molar-refractivity contribution in [3.63, 3.8) is 0 Å². The standard InChI is InChI=1S/C13H9ClF2O/c1-17-12-7-8(14)5-6-9(12)13-10(15)3-2-4-11(13)16/h2-7H,1H3. The first-order valence-corrected chi connectivity index (χ1v) is 5.29. The highest BCUT2D eigenvalue weighted by Gasteiger charge is 2.15. The second kappa shape index (κ2) is 4.72. The van der Waals surface area contributed by atoms with Crippen molar-refractivity contribution in [1.29, 1.82) is 0 Å². The maximum atomic E-state index is 13.6. The normalized spacial score (nSPS) is 10.4. The van der Waals surface area contributed by atoms with Crippen molar-refractivity contribution in [2.75, 3.05) is 7.11 Å². The lowest BCUT2D eigenvalue weighted by Crippen LogP contribution is -1.93. The zero-order chi connectivity index (χ0) is 12.4. The van der Waals surface area contributed by atoms with Crippen LogP contribution < -0.4 is 4.74 Å². The highest BCUT2D eigenvalue weighted by molar-refractivity contribution is 6.30. The van der Waals surface area contributed by atoms with Crippen molar-refractivity contribution in [1.82, 2.24) is 0 Å². The van der Waals surface area contributed by atoms with Crippen molar-refractivity contribution in [2.24, 2.45) is 0 Å². The second-order valence-electron chi connectivity index (χ2n) is 3.44. The minimum absolute atomic E-state index is 0.110. The Morgan fingerprint density at radius 3 is 2.29 bits per heavy atom. The van der Waals surface area contributed by atoms with E-state index < -0.39 is 11.6 Å². The van der Waals surface area contributed by atoms with Crippen LogP contribution in [0, 0.1) is 11.6 Å². The molecule has 0 aromatic heterocycles. The summed E-state index contributed by atoms with van der Waals surface area (Å²) in [5.74, 6) is -0.933. The van der Waals surface area contributed by atoms with Crippen molar-refractivity contribution in [2.45, 2.75) is 0 Å². The van der Waals surface area contributed by atoms with E-state index >= 15 is 0 Å². The van der Waals surface area contributed by atoms with Crippen molar-refractivity contribution in [3.8, 4) is 16.9 Å². The molecule has 0 saturated carbocycles. The molecule has 0 aliphatic carbocycles. The molecule has 2 aromatic rings. The Morgan fingerprint density at radius 1 is 1.06 bits per heavy atom. The summed E-state index contributed by atoms with van der Waals surface area (Å²) in [5, 5.41) is 0.447. The number of hydrogen-bond donors (Lipinski definition) is 0. The third kappa shape index (κ3) is 2.24. The Morgan fingerprint density at radius 2 is 1.71 bits per heavy atom. The highest BCUT2D eigenvalue weighted by Crippen LogP contribution is 2.35. The van der Waals surface area contributed by atoms with Gasteiger partial charge in [0.1, 0.15) is 17.4 Å². The molecule has 0 amide bonds. The van der Waals surface area contributed by atoms with Crippen LogP contribution in [0.3, 0.4) is 0 Å². The quantitative estimate of drug-likeness (QED) is 0.777. The lowest BCUT2D eigenvalue weighted by atomic mass is 10.0. The Kier molecular flexibility index (Phi) is 3.29. The van der Waals surface area contributed by atoms with Crippen molar-refractivity contribution in [3.05, 3.63) is 53.1 Å². The Balaban J connectivity index is 2.68. The minimum atomic E-state index is -0.634. The van der Waals surface area contributed by atoms with Crippen LogP contribution in [0.1, 0.15) is 0 Å². The molecule has 0 bridgehead atoms. The molecule has 17 heavy (non-hydrogen) atoms. The summed E-state index contributed by atoms with van der Waals surface area (Å²) in [6.45, 7) is 0. The molecule has 0 saturated heterocycles. The third-order valence-corrected chi connectivity index (χ3v) is 2.63. The molecule has 0 fully saturated rings. The fourth-order valence-electron chi connectivity index (χ4n) is 1.63. The van der Waals surface area contributed by atoms with Crippen LogP contribution in [-0.2, 0) is 0 Å². The van der Waals surface area contributed by atoms with Crippen LogP contribution in [-0.4, -0.2) is 7.11 Å². The molecule has 0 heterocycles. The number of ether oxygens (including phenoxy) is 1. The molecule has 4 heteroatoms. The molecule has 0 atom stereocenters. The van der Waals surface area contributed by atoms with Crippen LogP contribution >= 0.6 is 11.6 Å². The summed E-state index contributed by atoms with van der Waals surface area (Å²) in [7, 11) is 1.42. The first-order chi connectivity index (χ1) is 8.13. The van der Waals surface area contributed by atoms with E-state index in [0.717, 1.165) is 0 Å². The van der Waals surface area contributed by atoms with Gasteiger partial charge in [0, 0.05) is 10.6 Å². The van der Waals surface area contributed by atoms with Gasteiger partial charge in [-0.25, -0.2) is 8.78 Å². The molecule has 0 N–H and O–H groups in total. The van der Waals surface area contributed by atoms with Gasteiger partial charge < -0.3 is 4.74 Å². The van der Waals surface area contributed by atoms with E-state index in [1.807, 2.05) is 0 Å². The second-order valence-corrected chi connectivity index (χ2v) is 3.88. The lowest BCUT2D eigenvalue weighted by molar-refractivity contribution is 0.416. The summed E-state index contributed by atoms with van der Waals surface area (Å²) >= 11 is 5.80. The van der Waals surface area contributed by atoms with Crippen molar-refractivity contribution >= 4 is 11.6 Å². The average molecular weight is 255 g/mol. The number of rotatable bonds is 2. The Labute approximate surface area is 103 Å². The number of benzene rings is 2. The summed E-state index contributed by atoms with van der Waals surface area (Å²) < 4.78 is 32.3.